The van der Waals surface area contributed by atoms with Crippen LogP contribution in [-0.2, 0) is 6.54 Å². The third kappa shape index (κ3) is 4.28. The van der Waals surface area contributed by atoms with Gasteiger partial charge in [-0.3, -0.25) is 14.1 Å². The minimum absolute atomic E-state index is 0.0703. The first-order valence-corrected chi connectivity index (χ1v) is 12.4. The molecule has 0 saturated heterocycles. The second-order valence-electron chi connectivity index (χ2n) is 8.40. The fourth-order valence-corrected chi connectivity index (χ4v) is 5.03. The summed E-state index contributed by atoms with van der Waals surface area (Å²) in [5, 5.41) is 9.92. The predicted molar refractivity (Wildman–Crippen MR) is 137 cm³/mol. The summed E-state index contributed by atoms with van der Waals surface area (Å²) in [7, 11) is 0. The van der Waals surface area contributed by atoms with E-state index in [-0.39, 0.29) is 5.69 Å². The molecule has 2 aromatic carbocycles. The Labute approximate surface area is 201 Å². The van der Waals surface area contributed by atoms with Gasteiger partial charge in [-0.15, -0.1) is 10.2 Å². The molecule has 1 N–H and O–H groups in total. The topological polar surface area (TPSA) is 81.4 Å². The normalized spacial score (nSPS) is 11.5. The van der Waals surface area contributed by atoms with Crippen LogP contribution < -0.4 is 5.69 Å². The molecule has 0 aliphatic heterocycles. The average molecular weight is 471 g/mol. The molecule has 0 amide bonds. The monoisotopic (exact) mass is 470 g/mol. The number of imidazole rings is 1. The number of H-pyrrole nitrogens is 1. The van der Waals surface area contributed by atoms with Crippen LogP contribution in [0.2, 0.25) is 0 Å². The highest BCUT2D eigenvalue weighted by atomic mass is 32.2. The molecular weight excluding hydrogens is 444 g/mol. The second kappa shape index (κ2) is 9.69. The van der Waals surface area contributed by atoms with Crippen LogP contribution in [0.5, 0.6) is 0 Å². The lowest BCUT2D eigenvalue weighted by Crippen LogP contribution is -2.17. The van der Waals surface area contributed by atoms with Gasteiger partial charge in [0.15, 0.2) is 11.0 Å². The summed E-state index contributed by atoms with van der Waals surface area (Å²) in [5.74, 6) is 1.93. The molecule has 0 atom stereocenters. The van der Waals surface area contributed by atoms with Crippen LogP contribution in [0.1, 0.15) is 31.7 Å². The summed E-state index contributed by atoms with van der Waals surface area (Å²) in [4.78, 5) is 19.6. The first kappa shape index (κ1) is 22.2. The molecule has 0 bridgehead atoms. The van der Waals surface area contributed by atoms with E-state index in [0.717, 1.165) is 45.4 Å². The van der Waals surface area contributed by atoms with Gasteiger partial charge in [-0.05, 0) is 48.2 Å². The van der Waals surface area contributed by atoms with Gasteiger partial charge in [-0.1, -0.05) is 55.9 Å². The molecule has 3 heterocycles. The van der Waals surface area contributed by atoms with Crippen molar-refractivity contribution in [3.8, 4) is 17.1 Å². The Bertz CT molecular complexity index is 1470. The number of aromatic nitrogens is 6. The van der Waals surface area contributed by atoms with Crippen molar-refractivity contribution in [2.75, 3.05) is 5.75 Å². The van der Waals surface area contributed by atoms with Gasteiger partial charge in [0.2, 0.25) is 0 Å². The van der Waals surface area contributed by atoms with Gasteiger partial charge in [0.05, 0.1) is 16.7 Å². The van der Waals surface area contributed by atoms with Crippen molar-refractivity contribution in [2.24, 2.45) is 0 Å². The van der Waals surface area contributed by atoms with Gasteiger partial charge >= 0.3 is 5.69 Å². The number of hydrogen-bond acceptors (Lipinski definition) is 5. The maximum Gasteiger partial charge on any atom is 0.326 e. The van der Waals surface area contributed by atoms with E-state index in [1.54, 1.807) is 22.5 Å². The van der Waals surface area contributed by atoms with Crippen molar-refractivity contribution in [2.45, 2.75) is 37.9 Å². The molecule has 5 rings (SSSR count). The molecule has 7 nitrogen and oxygen atoms in total. The maximum atomic E-state index is 12.4. The van der Waals surface area contributed by atoms with E-state index in [2.05, 4.69) is 56.8 Å². The van der Waals surface area contributed by atoms with Gasteiger partial charge < -0.3 is 4.98 Å². The van der Waals surface area contributed by atoms with E-state index in [1.807, 2.05) is 48.7 Å². The fourth-order valence-electron chi connectivity index (χ4n) is 4.16. The van der Waals surface area contributed by atoms with Crippen molar-refractivity contribution in [1.29, 1.82) is 0 Å². The number of thioether (sulfide) groups is 1. The zero-order valence-electron chi connectivity index (χ0n) is 19.2. The lowest BCUT2D eigenvalue weighted by Gasteiger charge is -2.16. The van der Waals surface area contributed by atoms with Gasteiger partial charge in [0, 0.05) is 30.3 Å². The first-order chi connectivity index (χ1) is 16.6. The lowest BCUT2D eigenvalue weighted by atomic mass is 10.0. The molecule has 8 heteroatoms. The van der Waals surface area contributed by atoms with Crippen molar-refractivity contribution in [3.05, 3.63) is 89.1 Å². The van der Waals surface area contributed by atoms with Crippen molar-refractivity contribution < 1.29 is 0 Å². The number of nitrogens with zero attached hydrogens (tertiary/aromatic N) is 5. The van der Waals surface area contributed by atoms with E-state index in [1.165, 1.54) is 5.56 Å². The van der Waals surface area contributed by atoms with Gasteiger partial charge in [-0.2, -0.15) is 0 Å². The molecule has 0 fully saturated rings. The summed E-state index contributed by atoms with van der Waals surface area (Å²) in [5.41, 5.74) is 4.97. The zero-order valence-corrected chi connectivity index (χ0v) is 20.0. The number of benzene rings is 2. The van der Waals surface area contributed by atoms with E-state index in [9.17, 15) is 4.79 Å². The molecule has 0 aliphatic carbocycles. The Kier molecular flexibility index (Phi) is 6.31. The number of nitrogens with one attached hydrogen (secondary N) is 1. The van der Waals surface area contributed by atoms with E-state index in [0.29, 0.717) is 12.5 Å². The Morgan fingerprint density at radius 2 is 1.82 bits per heavy atom. The molecule has 34 heavy (non-hydrogen) atoms. The largest absolute Gasteiger partial charge is 0.326 e. The fraction of sp³-hybridized carbons (Fsp3) is 0.231. The summed E-state index contributed by atoms with van der Waals surface area (Å²) in [6.07, 6.45) is 4.40. The summed E-state index contributed by atoms with van der Waals surface area (Å²) in [6.45, 7) is 5.03. The van der Waals surface area contributed by atoms with Crippen LogP contribution in [0, 0.1) is 0 Å². The summed E-state index contributed by atoms with van der Waals surface area (Å²) in [6, 6.07) is 20.1. The van der Waals surface area contributed by atoms with Crippen LogP contribution in [0.15, 0.2) is 83.0 Å². The minimum atomic E-state index is -0.0703. The zero-order chi connectivity index (χ0) is 23.5. The first-order valence-electron chi connectivity index (χ1n) is 11.4. The molecular formula is C26H26N6OS. The quantitative estimate of drug-likeness (QED) is 0.247. The Balaban J connectivity index is 1.42. The van der Waals surface area contributed by atoms with Crippen molar-refractivity contribution >= 4 is 22.8 Å². The Morgan fingerprint density at radius 3 is 2.65 bits per heavy atom. The van der Waals surface area contributed by atoms with E-state index >= 15 is 0 Å². The standard InChI is InChI=1S/C26H26N6OS/c1-18(2)20-10-3-5-12-22(20)32-24(19-9-7-14-27-17-19)29-30-26(32)34-16-8-15-31-23-13-6-4-11-21(23)28-25(31)33/h3-7,9-14,17-18H,8,15-16H2,1-2H3,(H,28,33). The van der Waals surface area contributed by atoms with Crippen LogP contribution in [-0.4, -0.2) is 35.1 Å². The Hall–Kier alpha value is -3.65. The maximum absolute atomic E-state index is 12.4. The average Bonchev–Trinajstić information content (AvgIpc) is 3.42. The number of pyridine rings is 1. The van der Waals surface area contributed by atoms with Crippen molar-refractivity contribution in [1.82, 2.24) is 29.3 Å². The molecule has 0 saturated carbocycles. The molecule has 0 unspecified atom stereocenters. The Morgan fingerprint density at radius 1 is 1.00 bits per heavy atom. The van der Waals surface area contributed by atoms with E-state index < -0.39 is 0 Å². The lowest BCUT2D eigenvalue weighted by molar-refractivity contribution is 0.678. The highest BCUT2D eigenvalue weighted by molar-refractivity contribution is 7.99. The summed E-state index contributed by atoms with van der Waals surface area (Å²) < 4.78 is 3.94. The van der Waals surface area contributed by atoms with Crippen LogP contribution in [0.25, 0.3) is 28.1 Å². The van der Waals surface area contributed by atoms with Crippen molar-refractivity contribution in [3.63, 3.8) is 0 Å². The number of rotatable bonds is 8. The number of hydrogen-bond donors (Lipinski definition) is 1. The van der Waals surface area contributed by atoms with Gasteiger partial charge in [0.25, 0.3) is 0 Å². The molecule has 3 aromatic heterocycles. The van der Waals surface area contributed by atoms with Crippen LogP contribution in [0.4, 0.5) is 0 Å². The van der Waals surface area contributed by atoms with Gasteiger partial charge in [-0.25, -0.2) is 4.79 Å². The SMILES string of the molecule is CC(C)c1ccccc1-n1c(SCCCn2c(=O)[nH]c3ccccc32)nnc1-c1cccnc1. The van der Waals surface area contributed by atoms with Crippen LogP contribution in [0.3, 0.4) is 0 Å². The van der Waals surface area contributed by atoms with E-state index in [4.69, 9.17) is 0 Å². The molecule has 0 radical (unpaired) electrons. The third-order valence-electron chi connectivity index (χ3n) is 5.79. The third-order valence-corrected chi connectivity index (χ3v) is 6.81. The number of aryl methyl sites for hydroxylation is 1. The summed E-state index contributed by atoms with van der Waals surface area (Å²) >= 11 is 1.65. The minimum Gasteiger partial charge on any atom is -0.306 e. The smallest absolute Gasteiger partial charge is 0.306 e. The van der Waals surface area contributed by atoms with Gasteiger partial charge in [0.1, 0.15) is 0 Å². The number of fused-ring (bicyclic) bond motifs is 1. The highest BCUT2D eigenvalue weighted by Crippen LogP contribution is 2.32. The van der Waals surface area contributed by atoms with Crippen LogP contribution >= 0.6 is 11.8 Å². The molecule has 5 aromatic rings. The number of para-hydroxylation sites is 3. The molecule has 0 aliphatic rings. The number of aromatic amines is 1. The second-order valence-corrected chi connectivity index (χ2v) is 9.46. The highest BCUT2D eigenvalue weighted by Gasteiger charge is 2.19. The molecule has 172 valence electrons. The molecule has 0 spiro atoms. The predicted octanol–water partition coefficient (Wildman–Crippen LogP) is 5.28.